The van der Waals surface area contributed by atoms with Gasteiger partial charge in [-0.1, -0.05) is 24.3 Å². The molecule has 0 saturated carbocycles. The average Bonchev–Trinajstić information content (AvgIpc) is 2.58. The predicted molar refractivity (Wildman–Crippen MR) is 85.8 cm³/mol. The van der Waals surface area contributed by atoms with Gasteiger partial charge < -0.3 is 20.5 Å². The number of methoxy groups -OCH3 is 1. The lowest BCUT2D eigenvalue weighted by Crippen LogP contribution is -2.34. The number of para-hydroxylation sites is 2. The van der Waals surface area contributed by atoms with Crippen molar-refractivity contribution >= 4 is 11.8 Å². The van der Waals surface area contributed by atoms with E-state index in [0.29, 0.717) is 11.3 Å². The van der Waals surface area contributed by atoms with E-state index in [2.05, 4.69) is 10.6 Å². The molecule has 2 amide bonds. The van der Waals surface area contributed by atoms with Gasteiger partial charge in [-0.3, -0.25) is 9.59 Å². The first-order valence-corrected chi connectivity index (χ1v) is 7.11. The van der Waals surface area contributed by atoms with Gasteiger partial charge in [0.25, 0.3) is 11.8 Å². The fourth-order valence-electron chi connectivity index (χ4n) is 2.04. The van der Waals surface area contributed by atoms with Crippen molar-refractivity contribution in [2.75, 3.05) is 20.2 Å². The molecule has 3 N–H and O–H groups in total. The van der Waals surface area contributed by atoms with E-state index >= 15 is 0 Å². The third kappa shape index (κ3) is 4.23. The Morgan fingerprint density at radius 2 is 1.43 bits per heavy atom. The molecule has 0 saturated heterocycles. The molecule has 2 aromatic rings. The Labute approximate surface area is 134 Å². The smallest absolute Gasteiger partial charge is 0.255 e. The number of aromatic hydroxyl groups is 1. The molecular formula is C17H18N2O4. The molecule has 0 aliphatic heterocycles. The summed E-state index contributed by atoms with van der Waals surface area (Å²) >= 11 is 0. The lowest BCUT2D eigenvalue weighted by Gasteiger charge is -2.10. The Bertz CT molecular complexity index is 700. The summed E-state index contributed by atoms with van der Waals surface area (Å²) in [6, 6.07) is 13.2. The number of nitrogens with one attached hydrogen (secondary N) is 2. The van der Waals surface area contributed by atoms with Crippen molar-refractivity contribution in [3.8, 4) is 11.5 Å². The van der Waals surface area contributed by atoms with E-state index in [1.165, 1.54) is 19.2 Å². The maximum Gasteiger partial charge on any atom is 0.255 e. The molecule has 0 spiro atoms. The van der Waals surface area contributed by atoms with Crippen LogP contribution in [0.1, 0.15) is 20.7 Å². The van der Waals surface area contributed by atoms with Crippen molar-refractivity contribution in [2.24, 2.45) is 0 Å². The molecular weight excluding hydrogens is 296 g/mol. The molecule has 0 bridgehead atoms. The Kier molecular flexibility index (Phi) is 5.57. The van der Waals surface area contributed by atoms with Crippen LogP contribution >= 0.6 is 0 Å². The second-order valence-electron chi connectivity index (χ2n) is 4.73. The lowest BCUT2D eigenvalue weighted by atomic mass is 10.2. The zero-order chi connectivity index (χ0) is 16.7. The van der Waals surface area contributed by atoms with E-state index in [1.54, 1.807) is 36.4 Å². The molecule has 0 unspecified atom stereocenters. The van der Waals surface area contributed by atoms with Crippen molar-refractivity contribution < 1.29 is 19.4 Å². The van der Waals surface area contributed by atoms with Gasteiger partial charge in [-0.25, -0.2) is 0 Å². The van der Waals surface area contributed by atoms with Crippen LogP contribution in [0.25, 0.3) is 0 Å². The van der Waals surface area contributed by atoms with E-state index in [1.807, 2.05) is 0 Å². The van der Waals surface area contributed by atoms with E-state index in [0.717, 1.165) is 0 Å². The van der Waals surface area contributed by atoms with E-state index in [9.17, 15) is 14.7 Å². The Morgan fingerprint density at radius 1 is 0.913 bits per heavy atom. The third-order valence-electron chi connectivity index (χ3n) is 3.20. The summed E-state index contributed by atoms with van der Waals surface area (Å²) in [7, 11) is 1.50. The Balaban J connectivity index is 1.82. The normalized spacial score (nSPS) is 9.96. The van der Waals surface area contributed by atoms with Crippen molar-refractivity contribution in [1.82, 2.24) is 10.6 Å². The van der Waals surface area contributed by atoms with Crippen LogP contribution in [0.5, 0.6) is 11.5 Å². The van der Waals surface area contributed by atoms with Crippen LogP contribution in [0.4, 0.5) is 0 Å². The van der Waals surface area contributed by atoms with Crippen LogP contribution in [0.3, 0.4) is 0 Å². The van der Waals surface area contributed by atoms with E-state index < -0.39 is 5.91 Å². The maximum absolute atomic E-state index is 12.0. The van der Waals surface area contributed by atoms with Crippen molar-refractivity contribution in [3.63, 3.8) is 0 Å². The summed E-state index contributed by atoms with van der Waals surface area (Å²) in [6.07, 6.45) is 0. The van der Waals surface area contributed by atoms with Crippen LogP contribution in [0, 0.1) is 0 Å². The number of hydrogen-bond donors (Lipinski definition) is 3. The maximum atomic E-state index is 12.0. The van der Waals surface area contributed by atoms with Crippen LogP contribution < -0.4 is 15.4 Å². The number of amides is 2. The molecule has 0 heterocycles. The van der Waals surface area contributed by atoms with Crippen LogP contribution in [-0.2, 0) is 0 Å². The molecule has 6 nitrogen and oxygen atoms in total. The minimum absolute atomic E-state index is 0.0805. The number of phenolic OH excluding ortho intramolecular Hbond substituents is 1. The van der Waals surface area contributed by atoms with Gasteiger partial charge in [0.15, 0.2) is 0 Å². The number of hydrogen-bond acceptors (Lipinski definition) is 4. The standard InChI is InChI=1S/C17H18N2O4/c1-23-15-9-5-3-7-13(15)17(22)19-11-10-18-16(21)12-6-2-4-8-14(12)20/h2-9,20H,10-11H2,1H3,(H,18,21)(H,19,22). The molecule has 120 valence electrons. The van der Waals surface area contributed by atoms with E-state index in [-0.39, 0.29) is 30.3 Å². The molecule has 0 radical (unpaired) electrons. The molecule has 6 heteroatoms. The highest BCUT2D eigenvalue weighted by Gasteiger charge is 2.12. The van der Waals surface area contributed by atoms with Crippen molar-refractivity contribution in [1.29, 1.82) is 0 Å². The number of carbonyl (C=O) groups is 2. The number of rotatable bonds is 6. The summed E-state index contributed by atoms with van der Waals surface area (Å²) in [6.45, 7) is 0.504. The second-order valence-corrected chi connectivity index (χ2v) is 4.73. The minimum Gasteiger partial charge on any atom is -0.507 e. The third-order valence-corrected chi connectivity index (χ3v) is 3.20. The molecule has 0 aromatic heterocycles. The first kappa shape index (κ1) is 16.4. The summed E-state index contributed by atoms with van der Waals surface area (Å²) in [5.41, 5.74) is 0.630. The van der Waals surface area contributed by atoms with Gasteiger partial charge in [-0.2, -0.15) is 0 Å². The summed E-state index contributed by atoms with van der Waals surface area (Å²) in [5, 5.41) is 14.9. The fraction of sp³-hybridized carbons (Fsp3) is 0.176. The molecule has 0 aliphatic carbocycles. The quantitative estimate of drug-likeness (QED) is 0.706. The molecule has 2 aromatic carbocycles. The highest BCUT2D eigenvalue weighted by Crippen LogP contribution is 2.17. The molecule has 2 rings (SSSR count). The van der Waals surface area contributed by atoms with Gasteiger partial charge in [0.1, 0.15) is 11.5 Å². The highest BCUT2D eigenvalue weighted by molar-refractivity contribution is 5.97. The number of benzene rings is 2. The van der Waals surface area contributed by atoms with Crippen molar-refractivity contribution in [2.45, 2.75) is 0 Å². The summed E-state index contributed by atoms with van der Waals surface area (Å²) in [4.78, 5) is 23.9. The number of phenols is 1. The number of carbonyl (C=O) groups excluding carboxylic acids is 2. The minimum atomic E-state index is -0.394. The predicted octanol–water partition coefficient (Wildman–Crippen LogP) is 1.56. The molecule has 0 atom stereocenters. The first-order chi connectivity index (χ1) is 11.1. The van der Waals surface area contributed by atoms with E-state index in [4.69, 9.17) is 4.74 Å². The SMILES string of the molecule is COc1ccccc1C(=O)NCCNC(=O)c1ccccc1O. The topological polar surface area (TPSA) is 87.7 Å². The van der Waals surface area contributed by atoms with Crippen LogP contribution in [0.2, 0.25) is 0 Å². The van der Waals surface area contributed by atoms with Gasteiger partial charge >= 0.3 is 0 Å². The number of ether oxygens (including phenoxy) is 1. The van der Waals surface area contributed by atoms with Gasteiger partial charge in [-0.05, 0) is 24.3 Å². The zero-order valence-corrected chi connectivity index (χ0v) is 12.7. The largest absolute Gasteiger partial charge is 0.507 e. The van der Waals surface area contributed by atoms with Crippen LogP contribution in [0.15, 0.2) is 48.5 Å². The average molecular weight is 314 g/mol. The van der Waals surface area contributed by atoms with Gasteiger partial charge in [0.2, 0.25) is 0 Å². The van der Waals surface area contributed by atoms with Gasteiger partial charge in [-0.15, -0.1) is 0 Å². The molecule has 0 fully saturated rings. The molecule has 0 aliphatic rings. The zero-order valence-electron chi connectivity index (χ0n) is 12.7. The monoisotopic (exact) mass is 314 g/mol. The first-order valence-electron chi connectivity index (χ1n) is 7.11. The van der Waals surface area contributed by atoms with Crippen molar-refractivity contribution in [3.05, 3.63) is 59.7 Å². The van der Waals surface area contributed by atoms with Gasteiger partial charge in [0, 0.05) is 13.1 Å². The Hall–Kier alpha value is -3.02. The lowest BCUT2D eigenvalue weighted by molar-refractivity contribution is 0.0924. The fourth-order valence-corrected chi connectivity index (χ4v) is 2.04. The highest BCUT2D eigenvalue weighted by atomic mass is 16.5. The van der Waals surface area contributed by atoms with Gasteiger partial charge in [0.05, 0.1) is 18.2 Å². The Morgan fingerprint density at radius 3 is 2.04 bits per heavy atom. The summed E-state index contributed by atoms with van der Waals surface area (Å²) < 4.78 is 5.12. The summed E-state index contributed by atoms with van der Waals surface area (Å²) in [5.74, 6) is -0.264. The second kappa shape index (κ2) is 7.84. The molecule has 23 heavy (non-hydrogen) atoms. The van der Waals surface area contributed by atoms with Crippen LogP contribution in [-0.4, -0.2) is 37.1 Å².